The van der Waals surface area contributed by atoms with Gasteiger partial charge in [-0.1, -0.05) is 55.8 Å². The maximum Gasteiger partial charge on any atom is 0.333 e. The van der Waals surface area contributed by atoms with Crippen LogP contribution in [0.15, 0.2) is 77.9 Å². The summed E-state index contributed by atoms with van der Waals surface area (Å²) in [7, 11) is 0. The van der Waals surface area contributed by atoms with E-state index in [4.69, 9.17) is 0 Å². The number of rotatable bonds is 8. The van der Waals surface area contributed by atoms with E-state index in [1.807, 2.05) is 36.4 Å². The molecule has 0 bridgehead atoms. The number of aryl methyl sites for hydroxylation is 1. The van der Waals surface area contributed by atoms with Gasteiger partial charge >= 0.3 is 5.69 Å². The maximum atomic E-state index is 14.4. The molecule has 0 amide bonds. The molecule has 3 heterocycles. The minimum absolute atomic E-state index is 0.252. The molecular weight excluding hydrogens is 445 g/mol. The van der Waals surface area contributed by atoms with E-state index in [9.17, 15) is 9.18 Å². The van der Waals surface area contributed by atoms with Crippen molar-refractivity contribution in [3.8, 4) is 28.3 Å². The second kappa shape index (κ2) is 9.84. The summed E-state index contributed by atoms with van der Waals surface area (Å²) in [4.78, 5) is 17.7. The fourth-order valence-corrected chi connectivity index (χ4v) is 4.13. The van der Waals surface area contributed by atoms with Crippen molar-refractivity contribution < 1.29 is 4.39 Å². The Bertz CT molecular complexity index is 1490. The molecule has 0 fully saturated rings. The average Bonchev–Trinajstić information content (AvgIpc) is 3.53. The molecule has 0 atom stereocenters. The first-order chi connectivity index (χ1) is 17.2. The number of benzene rings is 2. The first-order valence-electron chi connectivity index (χ1n) is 11.5. The minimum Gasteiger partial charge on any atom is -0.292 e. The van der Waals surface area contributed by atoms with E-state index >= 15 is 0 Å². The lowest BCUT2D eigenvalue weighted by atomic mass is 10.0. The second-order valence-electron chi connectivity index (χ2n) is 8.26. The monoisotopic (exact) mass is 469 g/mol. The van der Waals surface area contributed by atoms with E-state index < -0.39 is 5.82 Å². The van der Waals surface area contributed by atoms with Crippen LogP contribution >= 0.6 is 0 Å². The molecule has 0 aliphatic heterocycles. The molecule has 0 saturated carbocycles. The van der Waals surface area contributed by atoms with E-state index in [1.54, 1.807) is 35.2 Å². The zero-order valence-electron chi connectivity index (χ0n) is 19.2. The van der Waals surface area contributed by atoms with Crippen LogP contribution < -0.4 is 5.69 Å². The molecule has 0 saturated heterocycles. The number of nitrogens with zero attached hydrogens (tertiary/aromatic N) is 6. The third-order valence-corrected chi connectivity index (χ3v) is 5.94. The van der Waals surface area contributed by atoms with Gasteiger partial charge in [-0.05, 0) is 52.6 Å². The topological polar surface area (TPSA) is 94.3 Å². The van der Waals surface area contributed by atoms with Crippen LogP contribution in [0.1, 0.15) is 31.0 Å². The van der Waals surface area contributed by atoms with Crippen molar-refractivity contribution in [2.75, 3.05) is 0 Å². The molecule has 0 aliphatic rings. The van der Waals surface area contributed by atoms with Crippen molar-refractivity contribution >= 4 is 0 Å². The van der Waals surface area contributed by atoms with Gasteiger partial charge in [-0.2, -0.15) is 0 Å². The number of unbranched alkanes of at least 4 members (excludes halogenated alkanes) is 1. The van der Waals surface area contributed by atoms with Crippen molar-refractivity contribution in [1.29, 1.82) is 0 Å². The number of halogens is 1. The number of pyridine rings is 1. The van der Waals surface area contributed by atoms with Gasteiger partial charge < -0.3 is 0 Å². The summed E-state index contributed by atoms with van der Waals surface area (Å²) in [5.41, 5.74) is 4.36. The van der Waals surface area contributed by atoms with Crippen LogP contribution in [0, 0.1) is 5.82 Å². The number of nitrogens with one attached hydrogen (secondary N) is 1. The molecular formula is C26H24FN7O. The Labute approximate surface area is 201 Å². The summed E-state index contributed by atoms with van der Waals surface area (Å²) in [5.74, 6) is 0.0682. The number of hydrogen-bond acceptors (Lipinski definition) is 5. The third-order valence-electron chi connectivity index (χ3n) is 5.94. The predicted molar refractivity (Wildman–Crippen MR) is 131 cm³/mol. The van der Waals surface area contributed by atoms with Gasteiger partial charge in [-0.25, -0.2) is 14.3 Å². The second-order valence-corrected chi connectivity index (χ2v) is 8.26. The average molecular weight is 470 g/mol. The largest absolute Gasteiger partial charge is 0.333 e. The van der Waals surface area contributed by atoms with Crippen LogP contribution in [0.2, 0.25) is 0 Å². The van der Waals surface area contributed by atoms with Gasteiger partial charge in [0.1, 0.15) is 11.5 Å². The molecule has 0 radical (unpaired) electrons. The van der Waals surface area contributed by atoms with Crippen molar-refractivity contribution in [2.24, 2.45) is 0 Å². The lowest BCUT2D eigenvalue weighted by Crippen LogP contribution is -2.25. The Balaban J connectivity index is 1.47. The van der Waals surface area contributed by atoms with E-state index in [2.05, 4.69) is 32.5 Å². The summed E-state index contributed by atoms with van der Waals surface area (Å²) < 4.78 is 17.6. The fraction of sp³-hybridized carbons (Fsp3) is 0.192. The van der Waals surface area contributed by atoms with Gasteiger partial charge in [-0.15, -0.1) is 5.10 Å². The SMILES string of the molecule is CCCCc1cn(-c2ccccc2F)c(=O)n1Cc1ccc(-c2cccnc2-c2nnn[nH]2)cc1. The highest BCUT2D eigenvalue weighted by atomic mass is 19.1. The number of H-pyrrole nitrogens is 1. The normalized spacial score (nSPS) is 11.1. The van der Waals surface area contributed by atoms with Gasteiger partial charge in [-0.3, -0.25) is 14.1 Å². The van der Waals surface area contributed by atoms with Gasteiger partial charge in [0.2, 0.25) is 0 Å². The van der Waals surface area contributed by atoms with Crippen LogP contribution in [0.3, 0.4) is 0 Å². The van der Waals surface area contributed by atoms with Crippen LogP contribution in [-0.4, -0.2) is 34.7 Å². The molecule has 8 nitrogen and oxygen atoms in total. The molecule has 9 heteroatoms. The molecule has 35 heavy (non-hydrogen) atoms. The number of imidazole rings is 1. The van der Waals surface area contributed by atoms with Gasteiger partial charge in [0.15, 0.2) is 5.82 Å². The summed E-state index contributed by atoms with van der Waals surface area (Å²) >= 11 is 0. The Morgan fingerprint density at radius 2 is 1.86 bits per heavy atom. The van der Waals surface area contributed by atoms with Crippen LogP contribution in [0.5, 0.6) is 0 Å². The fourth-order valence-electron chi connectivity index (χ4n) is 4.13. The lowest BCUT2D eigenvalue weighted by molar-refractivity contribution is 0.613. The number of para-hydroxylation sites is 1. The Hall–Kier alpha value is -4.40. The van der Waals surface area contributed by atoms with E-state index in [0.29, 0.717) is 18.1 Å². The van der Waals surface area contributed by atoms with Crippen molar-refractivity contribution in [3.63, 3.8) is 0 Å². The predicted octanol–water partition coefficient (Wildman–Crippen LogP) is 4.41. The highest BCUT2D eigenvalue weighted by molar-refractivity contribution is 5.77. The first kappa shape index (κ1) is 22.4. The first-order valence-corrected chi connectivity index (χ1v) is 11.5. The number of aromatic amines is 1. The third kappa shape index (κ3) is 4.52. The molecule has 0 spiro atoms. The Kier molecular flexibility index (Phi) is 6.30. The van der Waals surface area contributed by atoms with Crippen molar-refractivity contribution in [3.05, 3.63) is 101 Å². The zero-order valence-corrected chi connectivity index (χ0v) is 19.2. The quantitative estimate of drug-likeness (QED) is 0.363. The molecule has 0 unspecified atom stereocenters. The highest BCUT2D eigenvalue weighted by Gasteiger charge is 2.16. The molecule has 0 aliphatic carbocycles. The summed E-state index contributed by atoms with van der Waals surface area (Å²) in [6.45, 7) is 2.50. The van der Waals surface area contributed by atoms with Crippen LogP contribution in [0.25, 0.3) is 28.3 Å². The standard InChI is InChI=1S/C26H24FN7O/c1-2-3-7-20-17-34(23-10-5-4-9-22(23)27)26(35)33(20)16-18-11-13-19(14-12-18)21-8-6-15-28-24(21)25-29-31-32-30-25/h4-6,8-15,17H,2-3,7,16H2,1H3,(H,29,30,31,32). The highest BCUT2D eigenvalue weighted by Crippen LogP contribution is 2.28. The smallest absolute Gasteiger partial charge is 0.292 e. The Morgan fingerprint density at radius 3 is 2.60 bits per heavy atom. The molecule has 2 aromatic carbocycles. The lowest BCUT2D eigenvalue weighted by Gasteiger charge is -2.10. The van der Waals surface area contributed by atoms with E-state index in [-0.39, 0.29) is 11.4 Å². The van der Waals surface area contributed by atoms with Gasteiger partial charge in [0.25, 0.3) is 0 Å². The van der Waals surface area contributed by atoms with Gasteiger partial charge in [0, 0.05) is 23.7 Å². The Morgan fingerprint density at radius 1 is 1.03 bits per heavy atom. The number of tetrazole rings is 1. The minimum atomic E-state index is -0.424. The van der Waals surface area contributed by atoms with Crippen molar-refractivity contribution in [2.45, 2.75) is 32.7 Å². The molecule has 5 aromatic rings. The number of hydrogen-bond donors (Lipinski definition) is 1. The zero-order chi connectivity index (χ0) is 24.2. The molecule has 1 N–H and O–H groups in total. The number of aromatic nitrogens is 7. The molecule has 5 rings (SSSR count). The summed E-state index contributed by atoms with van der Waals surface area (Å²) in [6.07, 6.45) is 6.15. The van der Waals surface area contributed by atoms with E-state index in [0.717, 1.165) is 41.6 Å². The maximum absolute atomic E-state index is 14.4. The van der Waals surface area contributed by atoms with E-state index in [1.165, 1.54) is 10.6 Å². The van der Waals surface area contributed by atoms with Gasteiger partial charge in [0.05, 0.1) is 12.2 Å². The van der Waals surface area contributed by atoms with Crippen LogP contribution in [0.4, 0.5) is 4.39 Å². The van der Waals surface area contributed by atoms with Crippen molar-refractivity contribution in [1.82, 2.24) is 34.7 Å². The summed E-state index contributed by atoms with van der Waals surface area (Å²) in [5, 5.41) is 14.0. The molecule has 3 aromatic heterocycles. The van der Waals surface area contributed by atoms with Crippen LogP contribution in [-0.2, 0) is 13.0 Å². The molecule has 176 valence electrons. The summed E-state index contributed by atoms with van der Waals surface area (Å²) in [6, 6.07) is 18.1.